The Morgan fingerprint density at radius 1 is 1.28 bits per heavy atom. The van der Waals surface area contributed by atoms with Crippen molar-refractivity contribution < 1.29 is 4.74 Å². The maximum atomic E-state index is 12.7. The van der Waals surface area contributed by atoms with Gasteiger partial charge in [-0.25, -0.2) is 9.67 Å². The van der Waals surface area contributed by atoms with E-state index in [-0.39, 0.29) is 17.6 Å². The van der Waals surface area contributed by atoms with Gasteiger partial charge in [0.15, 0.2) is 5.65 Å². The predicted octanol–water partition coefficient (Wildman–Crippen LogP) is 2.42. The molecule has 0 unspecified atom stereocenters. The van der Waals surface area contributed by atoms with Gasteiger partial charge in [0, 0.05) is 44.1 Å². The van der Waals surface area contributed by atoms with Gasteiger partial charge < -0.3 is 9.72 Å². The molecule has 3 aromatic rings. The Morgan fingerprint density at radius 2 is 2.10 bits per heavy atom. The summed E-state index contributed by atoms with van der Waals surface area (Å²) >= 11 is 0. The van der Waals surface area contributed by atoms with E-state index in [0.717, 1.165) is 57.1 Å². The van der Waals surface area contributed by atoms with Crippen LogP contribution >= 0.6 is 0 Å². The highest BCUT2D eigenvalue weighted by Crippen LogP contribution is 2.34. The van der Waals surface area contributed by atoms with Gasteiger partial charge in [-0.2, -0.15) is 5.10 Å². The molecule has 5 rings (SSSR count). The van der Waals surface area contributed by atoms with Crippen LogP contribution in [-0.4, -0.2) is 55.9 Å². The quantitative estimate of drug-likeness (QED) is 0.715. The molecule has 1 N–H and O–H groups in total. The van der Waals surface area contributed by atoms with Crippen molar-refractivity contribution in [2.75, 3.05) is 26.3 Å². The number of hydrogen-bond acceptors (Lipinski definition) is 6. The number of aromatic nitrogens is 5. The lowest BCUT2D eigenvalue weighted by atomic mass is 9.93. The highest BCUT2D eigenvalue weighted by molar-refractivity contribution is 5.73. The molecule has 29 heavy (non-hydrogen) atoms. The minimum atomic E-state index is -0.108. The molecule has 2 aliphatic rings. The Labute approximate surface area is 168 Å². The zero-order valence-electron chi connectivity index (χ0n) is 16.6. The standard InChI is InChI=1S/C21H26N6O2/c1-2-18(26-12-14(13-26)17-5-3-4-8-22-17)19-24-20-16(21(28)25-19)11-23-27(20)15-6-9-29-10-7-15/h3-5,8,11,14-15,18H,2,6-7,9-10,12-13H2,1H3,(H,24,25,28)/t18-/m1/s1. The minimum absolute atomic E-state index is 0.0881. The molecule has 152 valence electrons. The maximum absolute atomic E-state index is 12.7. The first-order valence-corrected chi connectivity index (χ1v) is 10.4. The highest BCUT2D eigenvalue weighted by Gasteiger charge is 2.35. The monoisotopic (exact) mass is 394 g/mol. The molecule has 0 aromatic carbocycles. The van der Waals surface area contributed by atoms with E-state index in [4.69, 9.17) is 9.72 Å². The number of rotatable bonds is 5. The number of likely N-dealkylation sites (tertiary alicyclic amines) is 1. The number of nitrogens with zero attached hydrogens (tertiary/aromatic N) is 5. The SMILES string of the molecule is CC[C@H](c1nc2c(cnn2C2CCOCC2)c(=O)[nH]1)N1CC(c2ccccn2)C1. The molecule has 1 atom stereocenters. The molecule has 2 saturated heterocycles. The number of aromatic amines is 1. The van der Waals surface area contributed by atoms with Crippen LogP contribution in [0.15, 0.2) is 35.4 Å². The van der Waals surface area contributed by atoms with Crippen molar-refractivity contribution in [3.05, 3.63) is 52.5 Å². The summed E-state index contributed by atoms with van der Waals surface area (Å²) in [6.07, 6.45) is 6.17. The van der Waals surface area contributed by atoms with E-state index in [1.807, 2.05) is 23.0 Å². The van der Waals surface area contributed by atoms with Crippen molar-refractivity contribution in [1.29, 1.82) is 0 Å². The fourth-order valence-corrected chi connectivity index (χ4v) is 4.50. The topological polar surface area (TPSA) is 88.9 Å². The average Bonchev–Trinajstić information content (AvgIpc) is 3.16. The third kappa shape index (κ3) is 3.36. The van der Waals surface area contributed by atoms with Gasteiger partial charge >= 0.3 is 0 Å². The van der Waals surface area contributed by atoms with E-state index in [1.165, 1.54) is 0 Å². The molecule has 0 bridgehead atoms. The molecule has 0 saturated carbocycles. The van der Waals surface area contributed by atoms with Crippen molar-refractivity contribution in [3.63, 3.8) is 0 Å². The van der Waals surface area contributed by atoms with E-state index in [9.17, 15) is 4.79 Å². The normalized spacial score (nSPS) is 20.0. The van der Waals surface area contributed by atoms with Crippen LogP contribution in [0.3, 0.4) is 0 Å². The molecule has 0 radical (unpaired) electrons. The first kappa shape index (κ1) is 18.4. The van der Waals surface area contributed by atoms with E-state index in [1.54, 1.807) is 6.20 Å². The van der Waals surface area contributed by atoms with E-state index in [2.05, 4.69) is 33.0 Å². The van der Waals surface area contributed by atoms with Crippen LogP contribution in [0.25, 0.3) is 11.0 Å². The lowest BCUT2D eigenvalue weighted by molar-refractivity contribution is 0.0671. The summed E-state index contributed by atoms with van der Waals surface area (Å²) in [5.41, 5.74) is 1.72. The van der Waals surface area contributed by atoms with Crippen LogP contribution in [0.2, 0.25) is 0 Å². The molecule has 8 nitrogen and oxygen atoms in total. The fourth-order valence-electron chi connectivity index (χ4n) is 4.50. The number of pyridine rings is 1. The first-order chi connectivity index (χ1) is 14.2. The number of H-pyrrole nitrogens is 1. The van der Waals surface area contributed by atoms with Crippen molar-refractivity contribution in [3.8, 4) is 0 Å². The van der Waals surface area contributed by atoms with Crippen molar-refractivity contribution in [1.82, 2.24) is 29.6 Å². The van der Waals surface area contributed by atoms with Crippen LogP contribution in [0.4, 0.5) is 0 Å². The number of ether oxygens (including phenoxy) is 1. The Balaban J connectivity index is 1.42. The van der Waals surface area contributed by atoms with Gasteiger partial charge in [-0.05, 0) is 31.4 Å². The summed E-state index contributed by atoms with van der Waals surface area (Å²) in [4.78, 5) is 27.5. The number of hydrogen-bond donors (Lipinski definition) is 1. The van der Waals surface area contributed by atoms with Gasteiger partial charge in [0.1, 0.15) is 11.2 Å². The third-order valence-electron chi connectivity index (χ3n) is 6.18. The van der Waals surface area contributed by atoms with Crippen LogP contribution in [-0.2, 0) is 4.74 Å². The van der Waals surface area contributed by atoms with Gasteiger partial charge in [0.05, 0.1) is 18.3 Å². The van der Waals surface area contributed by atoms with Crippen LogP contribution in [0.1, 0.15) is 55.7 Å². The smallest absolute Gasteiger partial charge is 0.262 e. The average molecular weight is 394 g/mol. The van der Waals surface area contributed by atoms with E-state index >= 15 is 0 Å². The molecule has 0 amide bonds. The van der Waals surface area contributed by atoms with E-state index in [0.29, 0.717) is 17.0 Å². The summed E-state index contributed by atoms with van der Waals surface area (Å²) in [5.74, 6) is 1.17. The first-order valence-electron chi connectivity index (χ1n) is 10.4. The molecular formula is C21H26N6O2. The summed E-state index contributed by atoms with van der Waals surface area (Å²) in [5, 5.41) is 5.05. The minimum Gasteiger partial charge on any atom is -0.381 e. The number of fused-ring (bicyclic) bond motifs is 1. The lowest BCUT2D eigenvalue weighted by Gasteiger charge is -2.43. The molecule has 8 heteroatoms. The predicted molar refractivity (Wildman–Crippen MR) is 109 cm³/mol. The van der Waals surface area contributed by atoms with Crippen molar-refractivity contribution >= 4 is 11.0 Å². The van der Waals surface area contributed by atoms with Crippen molar-refractivity contribution in [2.45, 2.75) is 44.2 Å². The summed E-state index contributed by atoms with van der Waals surface area (Å²) in [6.45, 7) is 5.44. The van der Waals surface area contributed by atoms with Gasteiger partial charge in [-0.3, -0.25) is 14.7 Å². The molecule has 5 heterocycles. The highest BCUT2D eigenvalue weighted by atomic mass is 16.5. The zero-order chi connectivity index (χ0) is 19.8. The Hall–Kier alpha value is -2.58. The maximum Gasteiger partial charge on any atom is 0.262 e. The zero-order valence-corrected chi connectivity index (χ0v) is 16.6. The van der Waals surface area contributed by atoms with Gasteiger partial charge in [0.2, 0.25) is 0 Å². The second kappa shape index (κ2) is 7.68. The molecule has 2 aliphatic heterocycles. The van der Waals surface area contributed by atoms with Crippen LogP contribution in [0, 0.1) is 0 Å². The largest absolute Gasteiger partial charge is 0.381 e. The summed E-state index contributed by atoms with van der Waals surface area (Å²) < 4.78 is 7.40. The van der Waals surface area contributed by atoms with Crippen LogP contribution < -0.4 is 5.56 Å². The summed E-state index contributed by atoms with van der Waals surface area (Å²) in [6, 6.07) is 6.39. The Morgan fingerprint density at radius 3 is 2.83 bits per heavy atom. The van der Waals surface area contributed by atoms with Gasteiger partial charge in [-0.15, -0.1) is 0 Å². The third-order valence-corrected chi connectivity index (χ3v) is 6.18. The fraction of sp³-hybridized carbons (Fsp3) is 0.524. The van der Waals surface area contributed by atoms with Gasteiger partial charge in [0.25, 0.3) is 5.56 Å². The molecular weight excluding hydrogens is 368 g/mol. The molecule has 0 aliphatic carbocycles. The molecule has 0 spiro atoms. The van der Waals surface area contributed by atoms with Crippen LogP contribution in [0.5, 0.6) is 0 Å². The van der Waals surface area contributed by atoms with Crippen molar-refractivity contribution in [2.24, 2.45) is 0 Å². The molecule has 2 fully saturated rings. The Kier molecular flexibility index (Phi) is 4.89. The van der Waals surface area contributed by atoms with E-state index < -0.39 is 0 Å². The molecule has 3 aromatic heterocycles. The Bertz CT molecular complexity index is 1030. The summed E-state index contributed by atoms with van der Waals surface area (Å²) in [7, 11) is 0. The number of nitrogens with one attached hydrogen (secondary N) is 1. The second-order valence-corrected chi connectivity index (χ2v) is 7.95. The lowest BCUT2D eigenvalue weighted by Crippen LogP contribution is -2.47. The second-order valence-electron chi connectivity index (χ2n) is 7.95. The van der Waals surface area contributed by atoms with Gasteiger partial charge in [-0.1, -0.05) is 13.0 Å².